The van der Waals surface area contributed by atoms with E-state index in [-0.39, 0.29) is 6.54 Å². The third kappa shape index (κ3) is 2.33. The molecule has 1 heterocycles. The second-order valence-corrected chi connectivity index (χ2v) is 4.81. The number of oxime groups is 1. The van der Waals surface area contributed by atoms with E-state index in [4.69, 9.17) is 15.3 Å². The average molecular weight is 262 g/mol. The number of aryl methyl sites for hydroxylation is 2. The Morgan fingerprint density at radius 2 is 2.26 bits per heavy atom. The summed E-state index contributed by atoms with van der Waals surface area (Å²) in [6, 6.07) is 6.08. The normalized spacial score (nSPS) is 21.8. The third-order valence-electron chi connectivity index (χ3n) is 3.37. The molecule has 0 spiro atoms. The number of carbonyl (C=O) groups excluding carboxylic acids is 1. The molecule has 5 heteroatoms. The number of esters is 1. The number of benzene rings is 1. The number of hydrogen-bond acceptors (Lipinski definition) is 5. The van der Waals surface area contributed by atoms with Gasteiger partial charge in [0.25, 0.3) is 5.60 Å². The second kappa shape index (κ2) is 5.01. The fourth-order valence-corrected chi connectivity index (χ4v) is 2.16. The zero-order valence-corrected chi connectivity index (χ0v) is 11.4. The van der Waals surface area contributed by atoms with Gasteiger partial charge < -0.3 is 15.3 Å². The van der Waals surface area contributed by atoms with E-state index in [0.29, 0.717) is 6.42 Å². The Kier molecular flexibility index (Phi) is 3.57. The molecule has 19 heavy (non-hydrogen) atoms. The average Bonchev–Trinajstić information content (AvgIpc) is 2.86. The third-order valence-corrected chi connectivity index (χ3v) is 3.37. The highest BCUT2D eigenvalue weighted by molar-refractivity contribution is 6.05. The van der Waals surface area contributed by atoms with Crippen molar-refractivity contribution in [2.24, 2.45) is 10.9 Å². The summed E-state index contributed by atoms with van der Waals surface area (Å²) < 4.78 is 4.75. The molecule has 1 unspecified atom stereocenters. The number of methoxy groups -OCH3 is 1. The fraction of sp³-hybridized carbons (Fsp3) is 0.429. The van der Waals surface area contributed by atoms with Crippen LogP contribution in [0.3, 0.4) is 0 Å². The topological polar surface area (TPSA) is 73.9 Å². The van der Waals surface area contributed by atoms with Crippen LogP contribution in [0.5, 0.6) is 0 Å². The zero-order valence-electron chi connectivity index (χ0n) is 11.4. The van der Waals surface area contributed by atoms with Gasteiger partial charge in [-0.15, -0.1) is 0 Å². The van der Waals surface area contributed by atoms with Crippen molar-refractivity contribution in [3.63, 3.8) is 0 Å². The zero-order chi connectivity index (χ0) is 14.0. The molecule has 2 rings (SSSR count). The lowest BCUT2D eigenvalue weighted by molar-refractivity contribution is -0.165. The standard InChI is InChI=1S/C14H18N2O3/c1-9-4-5-10(2)11(6-9)12-7-14(8-15,19-16-12)13(17)18-3/h4-6H,7-8,15H2,1-3H3. The molecule has 1 aromatic carbocycles. The highest BCUT2D eigenvalue weighted by atomic mass is 16.7. The molecule has 0 aliphatic carbocycles. The number of hydrogen-bond donors (Lipinski definition) is 1. The van der Waals surface area contributed by atoms with Gasteiger partial charge in [-0.2, -0.15) is 0 Å². The SMILES string of the molecule is COC(=O)C1(CN)CC(c2cc(C)ccc2C)=NO1. The van der Waals surface area contributed by atoms with Gasteiger partial charge in [-0.1, -0.05) is 22.9 Å². The molecule has 2 N–H and O–H groups in total. The van der Waals surface area contributed by atoms with Crippen molar-refractivity contribution in [3.8, 4) is 0 Å². The quantitative estimate of drug-likeness (QED) is 0.833. The van der Waals surface area contributed by atoms with Crippen LogP contribution in [0.25, 0.3) is 0 Å². The summed E-state index contributed by atoms with van der Waals surface area (Å²) in [5.41, 5.74) is 8.41. The van der Waals surface area contributed by atoms with Gasteiger partial charge in [0.15, 0.2) is 0 Å². The van der Waals surface area contributed by atoms with Crippen molar-refractivity contribution in [2.75, 3.05) is 13.7 Å². The van der Waals surface area contributed by atoms with Gasteiger partial charge in [-0.25, -0.2) is 4.79 Å². The molecular weight excluding hydrogens is 244 g/mol. The van der Waals surface area contributed by atoms with Gasteiger partial charge in [-0.05, 0) is 25.5 Å². The fourth-order valence-electron chi connectivity index (χ4n) is 2.16. The van der Waals surface area contributed by atoms with E-state index in [1.165, 1.54) is 7.11 Å². The summed E-state index contributed by atoms with van der Waals surface area (Å²) in [5.74, 6) is -0.487. The number of rotatable bonds is 3. The minimum absolute atomic E-state index is 0.0392. The number of carbonyl (C=O) groups is 1. The maximum absolute atomic E-state index is 11.8. The van der Waals surface area contributed by atoms with Crippen molar-refractivity contribution in [1.29, 1.82) is 0 Å². The van der Waals surface area contributed by atoms with E-state index in [1.807, 2.05) is 32.0 Å². The first kappa shape index (κ1) is 13.5. The lowest BCUT2D eigenvalue weighted by atomic mass is 9.91. The van der Waals surface area contributed by atoms with Crippen LogP contribution in [-0.2, 0) is 14.4 Å². The van der Waals surface area contributed by atoms with Crippen LogP contribution >= 0.6 is 0 Å². The molecule has 0 radical (unpaired) electrons. The molecule has 1 aliphatic heterocycles. The van der Waals surface area contributed by atoms with Crippen LogP contribution in [-0.4, -0.2) is 30.9 Å². The predicted octanol–water partition coefficient (Wildman–Crippen LogP) is 1.30. The number of nitrogens with two attached hydrogens (primary N) is 1. The van der Waals surface area contributed by atoms with Crippen LogP contribution < -0.4 is 5.73 Å². The Balaban J connectivity index is 2.30. The molecular formula is C14H18N2O3. The van der Waals surface area contributed by atoms with Crippen LogP contribution in [0.15, 0.2) is 23.4 Å². The Bertz CT molecular complexity index is 539. The summed E-state index contributed by atoms with van der Waals surface area (Å²) in [6.45, 7) is 4.05. The Morgan fingerprint density at radius 3 is 2.89 bits per heavy atom. The molecule has 1 aliphatic rings. The van der Waals surface area contributed by atoms with Gasteiger partial charge in [-0.3, -0.25) is 0 Å². The second-order valence-electron chi connectivity index (χ2n) is 4.81. The monoisotopic (exact) mass is 262 g/mol. The Hall–Kier alpha value is -1.88. The molecule has 0 saturated carbocycles. The predicted molar refractivity (Wildman–Crippen MR) is 72.0 cm³/mol. The smallest absolute Gasteiger partial charge is 0.354 e. The van der Waals surface area contributed by atoms with Gasteiger partial charge >= 0.3 is 5.97 Å². The van der Waals surface area contributed by atoms with Gasteiger partial charge in [0.2, 0.25) is 0 Å². The first-order valence-corrected chi connectivity index (χ1v) is 6.13. The lowest BCUT2D eigenvalue weighted by Gasteiger charge is -2.21. The van der Waals surface area contributed by atoms with E-state index in [1.54, 1.807) is 0 Å². The molecule has 0 fully saturated rings. The van der Waals surface area contributed by atoms with Crippen LogP contribution in [0.1, 0.15) is 23.1 Å². The van der Waals surface area contributed by atoms with E-state index in [0.717, 1.165) is 22.4 Å². The van der Waals surface area contributed by atoms with Crippen molar-refractivity contribution in [2.45, 2.75) is 25.9 Å². The van der Waals surface area contributed by atoms with E-state index < -0.39 is 11.6 Å². The van der Waals surface area contributed by atoms with E-state index in [2.05, 4.69) is 5.16 Å². The van der Waals surface area contributed by atoms with Crippen molar-refractivity contribution >= 4 is 11.7 Å². The summed E-state index contributed by atoms with van der Waals surface area (Å²) in [6.07, 6.45) is 0.334. The highest BCUT2D eigenvalue weighted by Crippen LogP contribution is 2.28. The molecule has 0 bridgehead atoms. The molecule has 0 amide bonds. The largest absolute Gasteiger partial charge is 0.466 e. The van der Waals surface area contributed by atoms with E-state index in [9.17, 15) is 4.79 Å². The minimum atomic E-state index is -1.18. The highest BCUT2D eigenvalue weighted by Gasteiger charge is 2.47. The van der Waals surface area contributed by atoms with Crippen molar-refractivity contribution in [3.05, 3.63) is 34.9 Å². The van der Waals surface area contributed by atoms with Crippen molar-refractivity contribution < 1.29 is 14.4 Å². The van der Waals surface area contributed by atoms with Crippen molar-refractivity contribution in [1.82, 2.24) is 0 Å². The van der Waals surface area contributed by atoms with E-state index >= 15 is 0 Å². The molecule has 5 nitrogen and oxygen atoms in total. The van der Waals surface area contributed by atoms with Crippen LogP contribution in [0.4, 0.5) is 0 Å². The number of nitrogens with zero attached hydrogens (tertiary/aromatic N) is 1. The maximum Gasteiger partial charge on any atom is 0.354 e. The summed E-state index contributed by atoms with van der Waals surface area (Å²) >= 11 is 0. The molecule has 0 aromatic heterocycles. The maximum atomic E-state index is 11.8. The molecule has 1 aromatic rings. The van der Waals surface area contributed by atoms with Crippen LogP contribution in [0.2, 0.25) is 0 Å². The first-order chi connectivity index (χ1) is 9.02. The number of ether oxygens (including phenoxy) is 1. The Morgan fingerprint density at radius 1 is 1.53 bits per heavy atom. The summed E-state index contributed by atoms with van der Waals surface area (Å²) in [5, 5.41) is 4.04. The summed E-state index contributed by atoms with van der Waals surface area (Å²) in [4.78, 5) is 17.1. The Labute approximate surface area is 112 Å². The molecule has 102 valence electrons. The first-order valence-electron chi connectivity index (χ1n) is 6.13. The van der Waals surface area contributed by atoms with Gasteiger partial charge in [0.1, 0.15) is 0 Å². The molecule has 1 atom stereocenters. The van der Waals surface area contributed by atoms with Gasteiger partial charge in [0, 0.05) is 18.5 Å². The summed E-state index contributed by atoms with van der Waals surface area (Å²) in [7, 11) is 1.32. The van der Waals surface area contributed by atoms with Gasteiger partial charge in [0.05, 0.1) is 12.8 Å². The van der Waals surface area contributed by atoms with Crippen LogP contribution in [0, 0.1) is 13.8 Å². The lowest BCUT2D eigenvalue weighted by Crippen LogP contribution is -2.46. The minimum Gasteiger partial charge on any atom is -0.466 e. The molecule has 0 saturated heterocycles.